The number of thiophene rings is 2. The lowest BCUT2D eigenvalue weighted by Gasteiger charge is -2.21. The van der Waals surface area contributed by atoms with Gasteiger partial charge in [-0.1, -0.05) is 13.8 Å². The quantitative estimate of drug-likeness (QED) is 0.851. The van der Waals surface area contributed by atoms with Gasteiger partial charge in [0.1, 0.15) is 0 Å². The standard InChI is InChI=1S/C15H22N2S2/c1-15(2,13-7-5-11(18-13)9-16-3)14-8-6-12(19-14)10-17-4/h5-8,16-17H,9-10H2,1-4H3. The van der Waals surface area contributed by atoms with Gasteiger partial charge in [-0.2, -0.15) is 0 Å². The summed E-state index contributed by atoms with van der Waals surface area (Å²) < 4.78 is 0. The summed E-state index contributed by atoms with van der Waals surface area (Å²) in [5, 5.41) is 6.43. The van der Waals surface area contributed by atoms with Crippen LogP contribution in [0.2, 0.25) is 0 Å². The summed E-state index contributed by atoms with van der Waals surface area (Å²) in [6.45, 7) is 6.54. The normalized spacial score (nSPS) is 12.0. The highest BCUT2D eigenvalue weighted by atomic mass is 32.1. The summed E-state index contributed by atoms with van der Waals surface area (Å²) in [5.74, 6) is 0. The first kappa shape index (κ1) is 14.7. The Balaban J connectivity index is 2.23. The Morgan fingerprint density at radius 2 is 1.26 bits per heavy atom. The maximum Gasteiger partial charge on any atom is 0.0334 e. The van der Waals surface area contributed by atoms with Gasteiger partial charge in [0.05, 0.1) is 0 Å². The van der Waals surface area contributed by atoms with Crippen molar-refractivity contribution in [3.8, 4) is 0 Å². The molecule has 2 N–H and O–H groups in total. The van der Waals surface area contributed by atoms with Crippen molar-refractivity contribution in [3.63, 3.8) is 0 Å². The molecule has 2 nitrogen and oxygen atoms in total. The largest absolute Gasteiger partial charge is 0.315 e. The van der Waals surface area contributed by atoms with Gasteiger partial charge < -0.3 is 10.6 Å². The summed E-state index contributed by atoms with van der Waals surface area (Å²) >= 11 is 3.82. The topological polar surface area (TPSA) is 24.1 Å². The molecule has 4 heteroatoms. The highest BCUT2D eigenvalue weighted by Gasteiger charge is 2.26. The van der Waals surface area contributed by atoms with Gasteiger partial charge in [-0.3, -0.25) is 0 Å². The third-order valence-corrected chi connectivity index (χ3v) is 6.08. The molecule has 0 aliphatic heterocycles. The van der Waals surface area contributed by atoms with Gasteiger partial charge in [-0.25, -0.2) is 0 Å². The van der Waals surface area contributed by atoms with Crippen LogP contribution in [0.1, 0.15) is 33.4 Å². The van der Waals surface area contributed by atoms with Crippen LogP contribution in [0.3, 0.4) is 0 Å². The second-order valence-corrected chi connectivity index (χ2v) is 7.55. The molecule has 0 radical (unpaired) electrons. The lowest BCUT2D eigenvalue weighted by molar-refractivity contribution is 0.671. The van der Waals surface area contributed by atoms with Crippen LogP contribution in [0.15, 0.2) is 24.3 Å². The van der Waals surface area contributed by atoms with E-state index in [9.17, 15) is 0 Å². The number of rotatable bonds is 6. The zero-order chi connectivity index (χ0) is 13.9. The van der Waals surface area contributed by atoms with E-state index >= 15 is 0 Å². The van der Waals surface area contributed by atoms with Crippen LogP contribution in [-0.4, -0.2) is 14.1 Å². The van der Waals surface area contributed by atoms with Crippen LogP contribution >= 0.6 is 22.7 Å². The van der Waals surface area contributed by atoms with Gasteiger partial charge in [0.2, 0.25) is 0 Å². The van der Waals surface area contributed by atoms with Gasteiger partial charge in [0.15, 0.2) is 0 Å². The van der Waals surface area contributed by atoms with Crippen LogP contribution < -0.4 is 10.6 Å². The summed E-state index contributed by atoms with van der Waals surface area (Å²) in [6, 6.07) is 9.02. The molecule has 2 aromatic rings. The zero-order valence-corrected chi connectivity index (χ0v) is 13.7. The van der Waals surface area contributed by atoms with E-state index in [0.29, 0.717) is 0 Å². The van der Waals surface area contributed by atoms with Crippen molar-refractivity contribution in [1.29, 1.82) is 0 Å². The summed E-state index contributed by atoms with van der Waals surface area (Å²) in [7, 11) is 3.99. The van der Waals surface area contributed by atoms with E-state index in [1.54, 1.807) is 0 Å². The smallest absolute Gasteiger partial charge is 0.0334 e. The van der Waals surface area contributed by atoms with Crippen LogP contribution in [-0.2, 0) is 18.5 Å². The predicted molar refractivity (Wildman–Crippen MR) is 86.3 cm³/mol. The highest BCUT2D eigenvalue weighted by Crippen LogP contribution is 2.39. The van der Waals surface area contributed by atoms with Gasteiger partial charge >= 0.3 is 0 Å². The molecule has 0 unspecified atom stereocenters. The Labute approximate surface area is 123 Å². The number of nitrogens with one attached hydrogen (secondary N) is 2. The molecule has 2 heterocycles. The molecule has 0 amide bonds. The van der Waals surface area contributed by atoms with Crippen molar-refractivity contribution < 1.29 is 0 Å². The van der Waals surface area contributed by atoms with Crippen LogP contribution in [0.5, 0.6) is 0 Å². The van der Waals surface area contributed by atoms with E-state index in [4.69, 9.17) is 0 Å². The van der Waals surface area contributed by atoms with E-state index in [0.717, 1.165) is 13.1 Å². The average Bonchev–Trinajstić information content (AvgIpc) is 2.99. The maximum absolute atomic E-state index is 3.21. The Kier molecular flexibility index (Phi) is 4.79. The minimum atomic E-state index is 0.104. The molecule has 0 aromatic carbocycles. The fraction of sp³-hybridized carbons (Fsp3) is 0.467. The van der Waals surface area contributed by atoms with Crippen molar-refractivity contribution in [2.24, 2.45) is 0 Å². The Morgan fingerprint density at radius 3 is 1.63 bits per heavy atom. The first-order valence-corrected chi connectivity index (χ1v) is 8.19. The van der Waals surface area contributed by atoms with Crippen molar-refractivity contribution in [3.05, 3.63) is 43.8 Å². The molecule has 0 saturated carbocycles. The highest BCUT2D eigenvalue weighted by molar-refractivity contribution is 7.13. The second kappa shape index (κ2) is 6.18. The Morgan fingerprint density at radius 1 is 0.842 bits per heavy atom. The molecule has 0 spiro atoms. The van der Waals surface area contributed by atoms with E-state index in [1.807, 2.05) is 36.8 Å². The van der Waals surface area contributed by atoms with Crippen LogP contribution in [0.4, 0.5) is 0 Å². The number of hydrogen-bond acceptors (Lipinski definition) is 4. The molecule has 0 aliphatic rings. The SMILES string of the molecule is CNCc1ccc(C(C)(C)c2ccc(CNC)s2)s1. The van der Waals surface area contributed by atoms with Gasteiger partial charge in [-0.15, -0.1) is 22.7 Å². The van der Waals surface area contributed by atoms with E-state index in [1.165, 1.54) is 19.5 Å². The van der Waals surface area contributed by atoms with E-state index in [-0.39, 0.29) is 5.41 Å². The molecular formula is C15H22N2S2. The summed E-state index contributed by atoms with van der Waals surface area (Å²) in [5.41, 5.74) is 0.104. The van der Waals surface area contributed by atoms with E-state index < -0.39 is 0 Å². The van der Waals surface area contributed by atoms with Crippen molar-refractivity contribution in [2.45, 2.75) is 32.4 Å². The molecule has 2 aromatic heterocycles. The van der Waals surface area contributed by atoms with Gasteiger partial charge in [0.25, 0.3) is 0 Å². The zero-order valence-electron chi connectivity index (χ0n) is 12.0. The Bertz CT molecular complexity index is 479. The van der Waals surface area contributed by atoms with Crippen molar-refractivity contribution >= 4 is 22.7 Å². The lowest BCUT2D eigenvalue weighted by atomic mass is 9.90. The fourth-order valence-electron chi connectivity index (χ4n) is 2.09. The van der Waals surface area contributed by atoms with Gasteiger partial charge in [0, 0.05) is 38.0 Å². The lowest BCUT2D eigenvalue weighted by Crippen LogP contribution is -2.15. The molecule has 19 heavy (non-hydrogen) atoms. The second-order valence-electron chi connectivity index (χ2n) is 5.22. The maximum atomic E-state index is 3.21. The first-order chi connectivity index (χ1) is 9.07. The van der Waals surface area contributed by atoms with E-state index in [2.05, 4.69) is 48.7 Å². The average molecular weight is 294 g/mol. The van der Waals surface area contributed by atoms with Crippen molar-refractivity contribution in [1.82, 2.24) is 10.6 Å². The minimum Gasteiger partial charge on any atom is -0.315 e. The monoisotopic (exact) mass is 294 g/mol. The summed E-state index contributed by atoms with van der Waals surface area (Å²) in [6.07, 6.45) is 0. The first-order valence-electron chi connectivity index (χ1n) is 6.55. The van der Waals surface area contributed by atoms with Crippen LogP contribution in [0, 0.1) is 0 Å². The minimum absolute atomic E-state index is 0.104. The van der Waals surface area contributed by atoms with Crippen molar-refractivity contribution in [2.75, 3.05) is 14.1 Å². The van der Waals surface area contributed by atoms with Gasteiger partial charge in [-0.05, 0) is 38.4 Å². The summed E-state index contributed by atoms with van der Waals surface area (Å²) in [4.78, 5) is 5.68. The third-order valence-electron chi connectivity index (χ3n) is 3.26. The molecule has 104 valence electrons. The molecule has 0 aliphatic carbocycles. The van der Waals surface area contributed by atoms with Crippen LogP contribution in [0.25, 0.3) is 0 Å². The fourth-order valence-corrected chi connectivity index (χ4v) is 4.42. The molecular weight excluding hydrogens is 272 g/mol. The molecule has 0 bridgehead atoms. The third kappa shape index (κ3) is 3.26. The predicted octanol–water partition coefficient (Wildman–Crippen LogP) is 3.57. The molecule has 2 rings (SSSR count). The Hall–Kier alpha value is -0.680. The molecule has 0 saturated heterocycles. The molecule has 0 fully saturated rings. The molecule has 0 atom stereocenters. The number of hydrogen-bond donors (Lipinski definition) is 2.